The van der Waals surface area contributed by atoms with E-state index >= 15 is 0 Å². The van der Waals surface area contributed by atoms with Gasteiger partial charge in [0, 0.05) is 17.0 Å². The number of alkyl halides is 1. The first-order chi connectivity index (χ1) is 9.15. The van der Waals surface area contributed by atoms with E-state index in [-0.39, 0.29) is 11.4 Å². The summed E-state index contributed by atoms with van der Waals surface area (Å²) in [5, 5.41) is 9.35. The minimum Gasteiger partial charge on any atom is -0.508 e. The standard InChI is InChI=1S/C11H10O3.CH3ClO3S/c1-6-7(2)11(13)14-10-5-8(12)3-4-9(6)10;2-1-6(3,4)5/h3-5,12H,1-2H3;1H2,(H,3,4,5). The maximum absolute atomic E-state index is 11.3. The van der Waals surface area contributed by atoms with E-state index in [9.17, 15) is 18.3 Å². The van der Waals surface area contributed by atoms with Crippen molar-refractivity contribution in [1.29, 1.82) is 0 Å². The van der Waals surface area contributed by atoms with Gasteiger partial charge in [-0.1, -0.05) is 0 Å². The van der Waals surface area contributed by atoms with Gasteiger partial charge in [-0.3, -0.25) is 4.55 Å². The van der Waals surface area contributed by atoms with Gasteiger partial charge >= 0.3 is 5.63 Å². The molecule has 1 heterocycles. The summed E-state index contributed by atoms with van der Waals surface area (Å²) < 4.78 is 31.6. The molecule has 0 radical (unpaired) electrons. The predicted molar refractivity (Wildman–Crippen MR) is 75.9 cm³/mol. The van der Waals surface area contributed by atoms with E-state index < -0.39 is 15.3 Å². The minimum absolute atomic E-state index is 0.101. The summed E-state index contributed by atoms with van der Waals surface area (Å²) in [5.74, 6) is 0.101. The number of hydrogen-bond acceptors (Lipinski definition) is 5. The van der Waals surface area contributed by atoms with Crippen LogP contribution in [-0.4, -0.2) is 23.3 Å². The Bertz CT molecular complexity index is 778. The molecule has 1 aromatic carbocycles. The van der Waals surface area contributed by atoms with E-state index in [1.807, 2.05) is 6.92 Å². The highest BCUT2D eigenvalue weighted by Crippen LogP contribution is 2.22. The Morgan fingerprint density at radius 3 is 2.30 bits per heavy atom. The lowest BCUT2D eigenvalue weighted by atomic mass is 10.1. The normalized spacial score (nSPS) is 11.0. The van der Waals surface area contributed by atoms with Gasteiger partial charge in [0.2, 0.25) is 0 Å². The van der Waals surface area contributed by atoms with Gasteiger partial charge in [-0.2, -0.15) is 8.42 Å². The summed E-state index contributed by atoms with van der Waals surface area (Å²) in [6.45, 7) is 3.60. The van der Waals surface area contributed by atoms with Gasteiger partial charge in [-0.15, -0.1) is 11.6 Å². The second-order valence-electron chi connectivity index (χ2n) is 4.01. The van der Waals surface area contributed by atoms with Gasteiger partial charge in [0.15, 0.2) is 0 Å². The summed E-state index contributed by atoms with van der Waals surface area (Å²) in [4.78, 5) is 11.3. The molecule has 0 aliphatic carbocycles. The SMILES string of the molecule is Cc1c(C)c2ccc(O)cc2oc1=O.O=S(=O)(O)CCl. The molecule has 8 heteroatoms. The lowest BCUT2D eigenvalue weighted by Crippen LogP contribution is -2.05. The van der Waals surface area contributed by atoms with Gasteiger partial charge in [0.25, 0.3) is 10.1 Å². The van der Waals surface area contributed by atoms with Crippen molar-refractivity contribution in [1.82, 2.24) is 0 Å². The topological polar surface area (TPSA) is 105 Å². The van der Waals surface area contributed by atoms with Crippen molar-refractivity contribution in [3.8, 4) is 5.75 Å². The quantitative estimate of drug-likeness (QED) is 0.474. The highest BCUT2D eigenvalue weighted by molar-refractivity contribution is 7.87. The number of benzene rings is 1. The lowest BCUT2D eigenvalue weighted by Gasteiger charge is -2.03. The molecule has 0 fully saturated rings. The maximum Gasteiger partial charge on any atom is 0.339 e. The maximum atomic E-state index is 11.3. The largest absolute Gasteiger partial charge is 0.508 e. The van der Waals surface area contributed by atoms with Crippen molar-refractivity contribution in [2.45, 2.75) is 13.8 Å². The summed E-state index contributed by atoms with van der Waals surface area (Å²) >= 11 is 4.64. The molecular formula is C12H13ClO6S. The zero-order chi connectivity index (χ0) is 15.5. The van der Waals surface area contributed by atoms with Crippen molar-refractivity contribution < 1.29 is 22.5 Å². The highest BCUT2D eigenvalue weighted by atomic mass is 35.5. The average molecular weight is 321 g/mol. The fourth-order valence-electron chi connectivity index (χ4n) is 1.44. The molecule has 2 aromatic rings. The van der Waals surface area contributed by atoms with Crippen molar-refractivity contribution in [3.63, 3.8) is 0 Å². The van der Waals surface area contributed by atoms with E-state index in [0.29, 0.717) is 11.1 Å². The molecule has 0 aliphatic heterocycles. The smallest absolute Gasteiger partial charge is 0.339 e. The van der Waals surface area contributed by atoms with E-state index in [2.05, 4.69) is 11.6 Å². The first-order valence-electron chi connectivity index (χ1n) is 5.40. The minimum atomic E-state index is -3.90. The molecule has 0 saturated heterocycles. The molecule has 0 amide bonds. The molecule has 6 nitrogen and oxygen atoms in total. The number of hydrogen-bond donors (Lipinski definition) is 2. The zero-order valence-corrected chi connectivity index (χ0v) is 12.3. The predicted octanol–water partition coefficient (Wildman–Crippen LogP) is 2.19. The van der Waals surface area contributed by atoms with Crippen molar-refractivity contribution in [2.75, 3.05) is 5.21 Å². The molecular weight excluding hydrogens is 308 g/mol. The molecule has 0 atom stereocenters. The number of phenolic OH excluding ortho intramolecular Hbond substituents is 1. The number of halogens is 1. The number of aryl methyl sites for hydroxylation is 1. The first-order valence-corrected chi connectivity index (χ1v) is 7.54. The third-order valence-electron chi connectivity index (χ3n) is 2.58. The van der Waals surface area contributed by atoms with Crippen molar-refractivity contribution in [3.05, 3.63) is 39.7 Å². The van der Waals surface area contributed by atoms with Crippen LogP contribution in [-0.2, 0) is 10.1 Å². The van der Waals surface area contributed by atoms with Crippen LogP contribution in [0.3, 0.4) is 0 Å². The Hall–Kier alpha value is -1.57. The Labute approximate surface area is 120 Å². The molecule has 0 spiro atoms. The summed E-state index contributed by atoms with van der Waals surface area (Å²) in [6, 6.07) is 4.77. The van der Waals surface area contributed by atoms with Crippen LogP contribution in [0.4, 0.5) is 0 Å². The Morgan fingerprint density at radius 2 is 1.80 bits per heavy atom. The van der Waals surface area contributed by atoms with E-state index in [4.69, 9.17) is 8.97 Å². The van der Waals surface area contributed by atoms with E-state index in [0.717, 1.165) is 10.9 Å². The van der Waals surface area contributed by atoms with Crippen LogP contribution in [0.5, 0.6) is 5.75 Å². The van der Waals surface area contributed by atoms with Gasteiger partial charge in [0.1, 0.15) is 16.5 Å². The number of aromatic hydroxyl groups is 1. The molecule has 0 unspecified atom stereocenters. The second-order valence-corrected chi connectivity index (χ2v) is 6.05. The molecule has 20 heavy (non-hydrogen) atoms. The molecule has 2 N–H and O–H groups in total. The summed E-state index contributed by atoms with van der Waals surface area (Å²) in [6.07, 6.45) is 0. The molecule has 2 rings (SSSR count). The fraction of sp³-hybridized carbons (Fsp3) is 0.250. The van der Waals surface area contributed by atoms with Gasteiger partial charge in [-0.05, 0) is 31.5 Å². The van der Waals surface area contributed by atoms with Crippen LogP contribution in [0.2, 0.25) is 0 Å². The molecule has 0 aliphatic rings. The average Bonchev–Trinajstić information content (AvgIpc) is 2.36. The summed E-state index contributed by atoms with van der Waals surface area (Å²) in [7, 11) is -3.90. The third kappa shape index (κ3) is 4.22. The van der Waals surface area contributed by atoms with E-state index in [1.54, 1.807) is 19.1 Å². The van der Waals surface area contributed by atoms with Crippen LogP contribution in [0.15, 0.2) is 27.4 Å². The van der Waals surface area contributed by atoms with Crippen LogP contribution in [0.25, 0.3) is 11.0 Å². The van der Waals surface area contributed by atoms with E-state index in [1.165, 1.54) is 6.07 Å². The molecule has 0 saturated carbocycles. The zero-order valence-electron chi connectivity index (χ0n) is 10.8. The molecule has 110 valence electrons. The van der Waals surface area contributed by atoms with Crippen molar-refractivity contribution >= 4 is 32.7 Å². The molecule has 1 aromatic heterocycles. The Balaban J connectivity index is 0.000000286. The monoisotopic (exact) mass is 320 g/mol. The van der Waals surface area contributed by atoms with Crippen molar-refractivity contribution in [2.24, 2.45) is 0 Å². The number of fused-ring (bicyclic) bond motifs is 1. The van der Waals surface area contributed by atoms with Crippen LogP contribution in [0, 0.1) is 13.8 Å². The number of phenols is 1. The first kappa shape index (κ1) is 16.5. The third-order valence-corrected chi connectivity index (χ3v) is 3.68. The summed E-state index contributed by atoms with van der Waals surface area (Å²) in [5.41, 5.74) is 1.60. The second kappa shape index (κ2) is 6.25. The van der Waals surface area contributed by atoms with Gasteiger partial charge < -0.3 is 9.52 Å². The lowest BCUT2D eigenvalue weighted by molar-refractivity contribution is 0.472. The van der Waals surface area contributed by atoms with Crippen LogP contribution < -0.4 is 5.63 Å². The Morgan fingerprint density at radius 1 is 1.25 bits per heavy atom. The number of rotatable bonds is 1. The van der Waals surface area contributed by atoms with Gasteiger partial charge in [0.05, 0.1) is 0 Å². The Kier molecular flexibility index (Phi) is 5.15. The van der Waals surface area contributed by atoms with Crippen LogP contribution in [0.1, 0.15) is 11.1 Å². The highest BCUT2D eigenvalue weighted by Gasteiger charge is 2.07. The fourth-order valence-corrected chi connectivity index (χ4v) is 1.44. The molecule has 0 bridgehead atoms. The van der Waals surface area contributed by atoms with Crippen LogP contribution >= 0.6 is 11.6 Å². The van der Waals surface area contributed by atoms with Gasteiger partial charge in [-0.25, -0.2) is 4.79 Å².